The summed E-state index contributed by atoms with van der Waals surface area (Å²) in [5.41, 5.74) is 0.284. The first-order valence-electron chi connectivity index (χ1n) is 5.36. The number of rotatable bonds is 4. The Bertz CT molecular complexity index is 684. The molecule has 0 aliphatic carbocycles. The fraction of sp³-hybridized carbons (Fsp3) is 0. The summed E-state index contributed by atoms with van der Waals surface area (Å²) in [6, 6.07) is 6.06. The number of carbonyl (C=O) groups excluding carboxylic acids is 1. The van der Waals surface area contributed by atoms with Crippen molar-refractivity contribution >= 4 is 28.3 Å². The van der Waals surface area contributed by atoms with Gasteiger partial charge in [0.05, 0.1) is 0 Å². The number of carboxylic acid groups (broad SMARTS) is 1. The molecule has 8 heteroatoms. The summed E-state index contributed by atoms with van der Waals surface area (Å²) in [6.45, 7) is 0. The fourth-order valence-electron chi connectivity index (χ4n) is 1.31. The molecule has 0 unspecified atom stereocenters. The standard InChI is InChI=1S/C12H8FN3O3S/c13-8-4-2-1-3-7(8)11-15-16-12(20-11)14-9(17)5-6-10(18)19/h1-6H,(H,18,19)(H,14,16,17). The van der Waals surface area contributed by atoms with Crippen molar-refractivity contribution in [1.82, 2.24) is 10.2 Å². The van der Waals surface area contributed by atoms with Gasteiger partial charge in [0.15, 0.2) is 5.01 Å². The molecule has 2 aromatic rings. The molecule has 6 nitrogen and oxygen atoms in total. The number of aromatic nitrogens is 2. The summed E-state index contributed by atoms with van der Waals surface area (Å²) in [7, 11) is 0. The Morgan fingerprint density at radius 2 is 2.00 bits per heavy atom. The highest BCUT2D eigenvalue weighted by Crippen LogP contribution is 2.28. The van der Waals surface area contributed by atoms with Crippen molar-refractivity contribution in [3.8, 4) is 10.6 Å². The number of benzene rings is 1. The summed E-state index contributed by atoms with van der Waals surface area (Å²) in [4.78, 5) is 21.6. The first-order valence-corrected chi connectivity index (χ1v) is 6.18. The first kappa shape index (κ1) is 13.8. The first-order chi connectivity index (χ1) is 9.56. The highest BCUT2D eigenvalue weighted by Gasteiger charge is 2.11. The molecule has 1 aromatic heterocycles. The molecule has 0 aliphatic heterocycles. The number of hydrogen-bond acceptors (Lipinski definition) is 5. The van der Waals surface area contributed by atoms with Gasteiger partial charge < -0.3 is 5.11 Å². The van der Waals surface area contributed by atoms with E-state index in [9.17, 15) is 14.0 Å². The van der Waals surface area contributed by atoms with Crippen LogP contribution in [0.4, 0.5) is 9.52 Å². The quantitative estimate of drug-likeness (QED) is 0.840. The van der Waals surface area contributed by atoms with Crippen LogP contribution < -0.4 is 5.32 Å². The van der Waals surface area contributed by atoms with Gasteiger partial charge in [-0.05, 0) is 12.1 Å². The Morgan fingerprint density at radius 3 is 2.70 bits per heavy atom. The van der Waals surface area contributed by atoms with Crippen molar-refractivity contribution in [1.29, 1.82) is 0 Å². The topological polar surface area (TPSA) is 92.2 Å². The second-order valence-electron chi connectivity index (χ2n) is 3.55. The van der Waals surface area contributed by atoms with E-state index in [0.29, 0.717) is 11.1 Å². The zero-order chi connectivity index (χ0) is 14.5. The van der Waals surface area contributed by atoms with E-state index in [4.69, 9.17) is 5.11 Å². The highest BCUT2D eigenvalue weighted by atomic mass is 32.1. The lowest BCUT2D eigenvalue weighted by molar-refractivity contribution is -0.131. The second kappa shape index (κ2) is 6.02. The largest absolute Gasteiger partial charge is 0.478 e. The van der Waals surface area contributed by atoms with E-state index in [1.165, 1.54) is 6.07 Å². The Kier molecular flexibility index (Phi) is 4.16. The molecule has 0 saturated heterocycles. The highest BCUT2D eigenvalue weighted by molar-refractivity contribution is 7.18. The van der Waals surface area contributed by atoms with Crippen molar-refractivity contribution in [2.45, 2.75) is 0 Å². The summed E-state index contributed by atoms with van der Waals surface area (Å²) < 4.78 is 13.5. The monoisotopic (exact) mass is 293 g/mol. The van der Waals surface area contributed by atoms with E-state index in [0.717, 1.165) is 17.4 Å². The van der Waals surface area contributed by atoms with Crippen molar-refractivity contribution < 1.29 is 19.1 Å². The number of halogens is 1. The molecule has 1 amide bonds. The maximum Gasteiger partial charge on any atom is 0.328 e. The zero-order valence-electron chi connectivity index (χ0n) is 9.91. The maximum atomic E-state index is 13.5. The van der Waals surface area contributed by atoms with E-state index in [1.54, 1.807) is 18.2 Å². The van der Waals surface area contributed by atoms with Crippen LogP contribution in [-0.2, 0) is 9.59 Å². The van der Waals surface area contributed by atoms with Gasteiger partial charge in [0.25, 0.3) is 0 Å². The minimum atomic E-state index is -1.23. The Hall–Kier alpha value is -2.61. The van der Waals surface area contributed by atoms with Crippen LogP contribution in [0.1, 0.15) is 0 Å². The molecule has 0 bridgehead atoms. The number of aliphatic carboxylic acids is 1. The van der Waals surface area contributed by atoms with Crippen molar-refractivity contribution in [3.05, 3.63) is 42.2 Å². The van der Waals surface area contributed by atoms with Gasteiger partial charge in [-0.1, -0.05) is 23.5 Å². The van der Waals surface area contributed by atoms with Gasteiger partial charge in [-0.2, -0.15) is 0 Å². The number of carboxylic acids is 1. The van der Waals surface area contributed by atoms with Crippen LogP contribution >= 0.6 is 11.3 Å². The fourth-order valence-corrected chi connectivity index (χ4v) is 2.08. The number of anilines is 1. The van der Waals surface area contributed by atoms with Crippen LogP contribution in [0.3, 0.4) is 0 Å². The van der Waals surface area contributed by atoms with Gasteiger partial charge in [0.2, 0.25) is 11.0 Å². The van der Waals surface area contributed by atoms with Crippen LogP contribution in [0.2, 0.25) is 0 Å². The van der Waals surface area contributed by atoms with Gasteiger partial charge >= 0.3 is 5.97 Å². The SMILES string of the molecule is O=C(O)C=CC(=O)Nc1nnc(-c2ccccc2F)s1. The van der Waals surface area contributed by atoms with E-state index >= 15 is 0 Å². The lowest BCUT2D eigenvalue weighted by Crippen LogP contribution is -2.08. The number of carbonyl (C=O) groups is 2. The third kappa shape index (κ3) is 3.45. The van der Waals surface area contributed by atoms with E-state index in [1.807, 2.05) is 0 Å². The maximum absolute atomic E-state index is 13.5. The molecule has 2 rings (SSSR count). The normalized spacial score (nSPS) is 10.7. The Morgan fingerprint density at radius 1 is 1.25 bits per heavy atom. The predicted octanol–water partition coefficient (Wildman–Crippen LogP) is 1.92. The Labute approximate surface area is 116 Å². The lowest BCUT2D eigenvalue weighted by Gasteiger charge is -1.96. The average molecular weight is 293 g/mol. The molecular formula is C12H8FN3O3S. The molecular weight excluding hydrogens is 285 g/mol. The molecule has 0 saturated carbocycles. The van der Waals surface area contributed by atoms with Gasteiger partial charge in [0, 0.05) is 17.7 Å². The molecule has 0 aliphatic rings. The second-order valence-corrected chi connectivity index (χ2v) is 4.53. The number of amides is 1. The third-order valence-electron chi connectivity index (χ3n) is 2.14. The van der Waals surface area contributed by atoms with Crippen LogP contribution in [0.5, 0.6) is 0 Å². The number of nitrogens with one attached hydrogen (secondary N) is 1. The van der Waals surface area contributed by atoms with Gasteiger partial charge in [0.1, 0.15) is 5.82 Å². The van der Waals surface area contributed by atoms with Crippen LogP contribution in [0.15, 0.2) is 36.4 Å². The number of hydrogen-bond donors (Lipinski definition) is 2. The van der Waals surface area contributed by atoms with Crippen LogP contribution in [0, 0.1) is 5.82 Å². The molecule has 0 fully saturated rings. The van der Waals surface area contributed by atoms with Crippen molar-refractivity contribution in [3.63, 3.8) is 0 Å². The van der Waals surface area contributed by atoms with Gasteiger partial charge in [-0.15, -0.1) is 10.2 Å². The Balaban J connectivity index is 2.12. The third-order valence-corrected chi connectivity index (χ3v) is 3.01. The molecule has 0 radical (unpaired) electrons. The molecule has 1 aromatic carbocycles. The summed E-state index contributed by atoms with van der Waals surface area (Å²) in [5, 5.41) is 18.7. The van der Waals surface area contributed by atoms with Crippen LogP contribution in [-0.4, -0.2) is 27.2 Å². The summed E-state index contributed by atoms with van der Waals surface area (Å²) in [6.07, 6.45) is 1.56. The zero-order valence-corrected chi connectivity index (χ0v) is 10.7. The van der Waals surface area contributed by atoms with Crippen LogP contribution in [0.25, 0.3) is 10.6 Å². The van der Waals surface area contributed by atoms with Gasteiger partial charge in [-0.25, -0.2) is 9.18 Å². The molecule has 1 heterocycles. The van der Waals surface area contributed by atoms with Crippen molar-refractivity contribution in [2.75, 3.05) is 5.32 Å². The molecule has 20 heavy (non-hydrogen) atoms. The minimum absolute atomic E-state index is 0.156. The minimum Gasteiger partial charge on any atom is -0.478 e. The number of nitrogens with zero attached hydrogens (tertiary/aromatic N) is 2. The summed E-state index contributed by atoms with van der Waals surface area (Å²) in [5.74, 6) is -2.32. The lowest BCUT2D eigenvalue weighted by atomic mass is 10.2. The summed E-state index contributed by atoms with van der Waals surface area (Å²) >= 11 is 0.987. The molecule has 2 N–H and O–H groups in total. The predicted molar refractivity (Wildman–Crippen MR) is 70.7 cm³/mol. The average Bonchev–Trinajstić information content (AvgIpc) is 2.85. The molecule has 102 valence electrons. The van der Waals surface area contributed by atoms with E-state index < -0.39 is 17.7 Å². The molecule has 0 spiro atoms. The van der Waals surface area contributed by atoms with E-state index in [2.05, 4.69) is 15.5 Å². The van der Waals surface area contributed by atoms with Gasteiger partial charge in [-0.3, -0.25) is 10.1 Å². The molecule has 0 atom stereocenters. The smallest absolute Gasteiger partial charge is 0.328 e. The van der Waals surface area contributed by atoms with Crippen molar-refractivity contribution in [2.24, 2.45) is 0 Å². The van der Waals surface area contributed by atoms with E-state index in [-0.39, 0.29) is 10.7 Å².